The third-order valence-corrected chi connectivity index (χ3v) is 4.66. The Bertz CT molecular complexity index is 958. The lowest BCUT2D eigenvalue weighted by Gasteiger charge is -2.22. The van der Waals surface area contributed by atoms with Crippen LogP contribution < -0.4 is 16.8 Å². The van der Waals surface area contributed by atoms with Crippen molar-refractivity contribution in [2.75, 3.05) is 11.9 Å². The number of hydrogen-bond donors (Lipinski definition) is 3. The summed E-state index contributed by atoms with van der Waals surface area (Å²) in [6.07, 6.45) is 2.57. The van der Waals surface area contributed by atoms with Gasteiger partial charge >= 0.3 is 0 Å². The van der Waals surface area contributed by atoms with Gasteiger partial charge in [-0.2, -0.15) is 0 Å². The van der Waals surface area contributed by atoms with E-state index in [-0.39, 0.29) is 6.04 Å². The maximum atomic E-state index is 11.7. The maximum Gasteiger partial charge on any atom is 0.250 e. The van der Waals surface area contributed by atoms with Gasteiger partial charge in [-0.1, -0.05) is 42.8 Å². The van der Waals surface area contributed by atoms with E-state index in [0.29, 0.717) is 22.6 Å². The Kier molecular flexibility index (Phi) is 5.40. The van der Waals surface area contributed by atoms with Gasteiger partial charge in [0.15, 0.2) is 0 Å². The first-order valence-electron chi connectivity index (χ1n) is 8.47. The first kappa shape index (κ1) is 18.2. The monoisotopic (exact) mass is 368 g/mol. The minimum atomic E-state index is -0.497. The molecule has 0 saturated heterocycles. The zero-order valence-corrected chi connectivity index (χ0v) is 15.3. The molecule has 5 N–H and O–H groups in total. The minimum Gasteiger partial charge on any atom is -0.376 e. The molecule has 1 amide bonds. The van der Waals surface area contributed by atoms with Gasteiger partial charge in [-0.15, -0.1) is 0 Å². The lowest BCUT2D eigenvalue weighted by atomic mass is 10.0. The number of amides is 1. The fourth-order valence-electron chi connectivity index (χ4n) is 3.08. The molecular weight excluding hydrogens is 348 g/mol. The fourth-order valence-corrected chi connectivity index (χ4v) is 3.28. The Hall–Kier alpha value is -2.63. The SMILES string of the molecule is CCc1cnc2c(C(N)=O)cccc2c1N[C@H](CN)c1cccc(Cl)c1. The molecule has 1 heterocycles. The highest BCUT2D eigenvalue weighted by Crippen LogP contribution is 2.31. The van der Waals surface area contributed by atoms with Crippen LogP contribution in [0.5, 0.6) is 0 Å². The number of carbonyl (C=O) groups is 1. The number of benzene rings is 2. The molecular formula is C20H21ClN4O. The molecule has 3 aromatic rings. The molecule has 1 aromatic heterocycles. The summed E-state index contributed by atoms with van der Waals surface area (Å²) in [5, 5.41) is 5.03. The van der Waals surface area contributed by atoms with Gasteiger partial charge < -0.3 is 16.8 Å². The van der Waals surface area contributed by atoms with Gasteiger partial charge in [-0.05, 0) is 35.7 Å². The molecule has 0 aliphatic heterocycles. The Labute approximate surface area is 157 Å². The number of aromatic nitrogens is 1. The van der Waals surface area contributed by atoms with Crippen molar-refractivity contribution in [1.82, 2.24) is 4.98 Å². The number of nitrogens with two attached hydrogens (primary N) is 2. The molecule has 26 heavy (non-hydrogen) atoms. The minimum absolute atomic E-state index is 0.123. The van der Waals surface area contributed by atoms with Crippen molar-refractivity contribution in [3.05, 3.63) is 70.4 Å². The highest BCUT2D eigenvalue weighted by Gasteiger charge is 2.17. The largest absolute Gasteiger partial charge is 0.376 e. The van der Waals surface area contributed by atoms with Crippen molar-refractivity contribution < 1.29 is 4.79 Å². The number of pyridine rings is 1. The van der Waals surface area contributed by atoms with Crippen LogP contribution in [0.1, 0.15) is 34.5 Å². The molecule has 0 unspecified atom stereocenters. The highest BCUT2D eigenvalue weighted by atomic mass is 35.5. The van der Waals surface area contributed by atoms with Crippen molar-refractivity contribution in [3.8, 4) is 0 Å². The predicted octanol–water partition coefficient (Wildman–Crippen LogP) is 3.66. The number of rotatable bonds is 6. The summed E-state index contributed by atoms with van der Waals surface area (Å²) in [4.78, 5) is 16.2. The first-order valence-corrected chi connectivity index (χ1v) is 8.85. The summed E-state index contributed by atoms with van der Waals surface area (Å²) < 4.78 is 0. The van der Waals surface area contributed by atoms with Crippen molar-refractivity contribution >= 4 is 34.1 Å². The second-order valence-corrected chi connectivity index (χ2v) is 6.50. The van der Waals surface area contributed by atoms with Gasteiger partial charge in [0.1, 0.15) is 0 Å². The number of nitrogens with one attached hydrogen (secondary N) is 1. The molecule has 0 spiro atoms. The molecule has 0 aliphatic carbocycles. The third kappa shape index (κ3) is 3.49. The molecule has 134 valence electrons. The van der Waals surface area contributed by atoms with Crippen LogP contribution in [-0.2, 0) is 6.42 Å². The van der Waals surface area contributed by atoms with E-state index in [9.17, 15) is 4.79 Å². The lowest BCUT2D eigenvalue weighted by molar-refractivity contribution is 0.100. The van der Waals surface area contributed by atoms with Crippen LogP contribution in [0.25, 0.3) is 10.9 Å². The highest BCUT2D eigenvalue weighted by molar-refractivity contribution is 6.30. The Morgan fingerprint density at radius 3 is 2.69 bits per heavy atom. The standard InChI is InChI=1S/C20H21ClN4O/c1-2-12-11-24-19-15(7-4-8-16(19)20(23)26)18(12)25-17(10-22)13-5-3-6-14(21)9-13/h3-9,11,17H,2,10,22H2,1H3,(H2,23,26)(H,24,25)/t17-/m1/s1. The topological polar surface area (TPSA) is 94.0 Å². The number of nitrogens with zero attached hydrogens (tertiary/aromatic N) is 1. The maximum absolute atomic E-state index is 11.7. The number of primary amides is 1. The molecule has 2 aromatic carbocycles. The van der Waals surface area contributed by atoms with Crippen molar-refractivity contribution in [3.63, 3.8) is 0 Å². The van der Waals surface area contributed by atoms with Crippen LogP contribution >= 0.6 is 11.6 Å². The van der Waals surface area contributed by atoms with Gasteiger partial charge in [0.25, 0.3) is 5.91 Å². The van der Waals surface area contributed by atoms with E-state index in [2.05, 4.69) is 17.2 Å². The van der Waals surface area contributed by atoms with Gasteiger partial charge in [-0.25, -0.2) is 0 Å². The summed E-state index contributed by atoms with van der Waals surface area (Å²) in [5.41, 5.74) is 15.5. The molecule has 0 bridgehead atoms. The van der Waals surface area contributed by atoms with Crippen molar-refractivity contribution in [1.29, 1.82) is 0 Å². The number of aryl methyl sites for hydroxylation is 1. The molecule has 1 atom stereocenters. The second-order valence-electron chi connectivity index (χ2n) is 6.07. The number of carbonyl (C=O) groups excluding carboxylic acids is 1. The second kappa shape index (κ2) is 7.72. The number of fused-ring (bicyclic) bond motifs is 1. The molecule has 0 aliphatic rings. The van der Waals surface area contributed by atoms with Crippen LogP contribution in [0.3, 0.4) is 0 Å². The summed E-state index contributed by atoms with van der Waals surface area (Å²) in [7, 11) is 0. The normalized spacial score (nSPS) is 12.1. The fraction of sp³-hybridized carbons (Fsp3) is 0.200. The van der Waals surface area contributed by atoms with Crippen LogP contribution in [-0.4, -0.2) is 17.4 Å². The molecule has 6 heteroatoms. The van der Waals surface area contributed by atoms with E-state index in [4.69, 9.17) is 23.1 Å². The average molecular weight is 369 g/mol. The van der Waals surface area contributed by atoms with Crippen molar-refractivity contribution in [2.24, 2.45) is 11.5 Å². The van der Waals surface area contributed by atoms with E-state index >= 15 is 0 Å². The summed E-state index contributed by atoms with van der Waals surface area (Å²) >= 11 is 6.13. The Balaban J connectivity index is 2.13. The molecule has 0 fully saturated rings. The zero-order valence-electron chi connectivity index (χ0n) is 14.5. The Morgan fingerprint density at radius 2 is 2.04 bits per heavy atom. The number of hydrogen-bond acceptors (Lipinski definition) is 4. The predicted molar refractivity (Wildman–Crippen MR) is 107 cm³/mol. The smallest absolute Gasteiger partial charge is 0.250 e. The van der Waals surface area contributed by atoms with Crippen LogP contribution in [0.2, 0.25) is 5.02 Å². The van der Waals surface area contributed by atoms with Gasteiger partial charge in [0, 0.05) is 28.8 Å². The number of halogens is 1. The third-order valence-electron chi connectivity index (χ3n) is 4.43. The summed E-state index contributed by atoms with van der Waals surface area (Å²) in [6, 6.07) is 12.9. The van der Waals surface area contributed by atoms with E-state index < -0.39 is 5.91 Å². The first-order chi connectivity index (χ1) is 12.5. The quantitative estimate of drug-likeness (QED) is 0.618. The zero-order chi connectivity index (χ0) is 18.7. The van der Waals surface area contributed by atoms with Crippen LogP contribution in [0.4, 0.5) is 5.69 Å². The summed E-state index contributed by atoms with van der Waals surface area (Å²) in [5.74, 6) is -0.497. The lowest BCUT2D eigenvalue weighted by Crippen LogP contribution is -2.21. The van der Waals surface area contributed by atoms with E-state index in [0.717, 1.165) is 28.6 Å². The number of anilines is 1. The molecule has 5 nitrogen and oxygen atoms in total. The van der Waals surface area contributed by atoms with Crippen molar-refractivity contribution in [2.45, 2.75) is 19.4 Å². The van der Waals surface area contributed by atoms with E-state index in [1.807, 2.05) is 36.4 Å². The van der Waals surface area contributed by atoms with E-state index in [1.54, 1.807) is 12.3 Å². The number of para-hydroxylation sites is 1. The average Bonchev–Trinajstić information content (AvgIpc) is 2.65. The molecule has 3 rings (SSSR count). The van der Waals surface area contributed by atoms with Crippen LogP contribution in [0.15, 0.2) is 48.7 Å². The Morgan fingerprint density at radius 1 is 1.27 bits per heavy atom. The summed E-state index contributed by atoms with van der Waals surface area (Å²) in [6.45, 7) is 2.45. The molecule has 0 radical (unpaired) electrons. The van der Waals surface area contributed by atoms with Gasteiger partial charge in [-0.3, -0.25) is 9.78 Å². The van der Waals surface area contributed by atoms with E-state index in [1.165, 1.54) is 0 Å². The molecule has 0 saturated carbocycles. The van der Waals surface area contributed by atoms with Crippen LogP contribution in [0, 0.1) is 0 Å². The van der Waals surface area contributed by atoms with Gasteiger partial charge in [0.2, 0.25) is 0 Å². The van der Waals surface area contributed by atoms with Gasteiger partial charge in [0.05, 0.1) is 17.1 Å².